The van der Waals surface area contributed by atoms with Crippen LogP contribution in [-0.2, 0) is 0 Å². The largest absolute Gasteiger partial charge is 0.532 e. The van der Waals surface area contributed by atoms with E-state index in [2.05, 4.69) is 59.2 Å². The molecule has 0 radical (unpaired) electrons. The molecule has 0 N–H and O–H groups in total. The molecule has 30 heavy (non-hydrogen) atoms. The van der Waals surface area contributed by atoms with Crippen LogP contribution in [0.15, 0.2) is 129 Å². The minimum absolute atomic E-state index is 0.473. The summed E-state index contributed by atoms with van der Waals surface area (Å²) in [5.41, 5.74) is 15.7. The standard InChI is InChI=1S/C24H30O3Si3/c1-10-28(11-2,12-3)25-22-19-20-23(26-29(13-4,14-5)15-6)24(21-22)27-30(16-7,17-8)18-9/h10-21H,1-9H2. The van der Waals surface area contributed by atoms with Gasteiger partial charge < -0.3 is 13.3 Å². The highest BCUT2D eigenvalue weighted by Crippen LogP contribution is 2.37. The fourth-order valence-electron chi connectivity index (χ4n) is 2.43. The first-order chi connectivity index (χ1) is 14.3. The summed E-state index contributed by atoms with van der Waals surface area (Å²) < 4.78 is 18.9. The van der Waals surface area contributed by atoms with Gasteiger partial charge in [0.1, 0.15) is 17.2 Å². The van der Waals surface area contributed by atoms with Gasteiger partial charge in [0.05, 0.1) is 0 Å². The summed E-state index contributed by atoms with van der Waals surface area (Å²) in [5.74, 6) is 1.56. The molecule has 0 saturated carbocycles. The van der Waals surface area contributed by atoms with Crippen LogP contribution in [0.25, 0.3) is 0 Å². The first-order valence-corrected chi connectivity index (χ1v) is 15.7. The Kier molecular flexibility index (Phi) is 8.85. The molecule has 1 aromatic carbocycles. The molecule has 0 unspecified atom stereocenters. The molecule has 0 fully saturated rings. The summed E-state index contributed by atoms with van der Waals surface area (Å²) >= 11 is 0. The van der Waals surface area contributed by atoms with Gasteiger partial charge in [0, 0.05) is 6.07 Å². The van der Waals surface area contributed by atoms with Crippen LogP contribution in [0.3, 0.4) is 0 Å². The summed E-state index contributed by atoms with van der Waals surface area (Å²) in [6.07, 6.45) is 0. The predicted molar refractivity (Wildman–Crippen MR) is 137 cm³/mol. The average molecular weight is 451 g/mol. The van der Waals surface area contributed by atoms with E-state index in [1.165, 1.54) is 0 Å². The molecule has 6 heteroatoms. The van der Waals surface area contributed by atoms with Gasteiger partial charge in [-0.1, -0.05) is 51.3 Å². The van der Waals surface area contributed by atoms with E-state index in [-0.39, 0.29) is 0 Å². The summed E-state index contributed by atoms with van der Waals surface area (Å²) in [7, 11) is -7.81. The lowest BCUT2D eigenvalue weighted by atomic mass is 10.3. The van der Waals surface area contributed by atoms with E-state index in [9.17, 15) is 0 Å². The fourth-order valence-corrected chi connectivity index (χ4v) is 6.30. The Balaban J connectivity index is 3.60. The maximum atomic E-state index is 6.35. The minimum Gasteiger partial charge on any atom is -0.532 e. The Morgan fingerprint density at radius 1 is 0.467 bits per heavy atom. The first-order valence-electron chi connectivity index (χ1n) is 9.24. The molecule has 156 valence electrons. The molecule has 1 rings (SSSR count). The van der Waals surface area contributed by atoms with Crippen molar-refractivity contribution in [1.82, 2.24) is 0 Å². The van der Waals surface area contributed by atoms with Gasteiger partial charge in [0.15, 0.2) is 0 Å². The maximum absolute atomic E-state index is 6.35. The lowest BCUT2D eigenvalue weighted by molar-refractivity contribution is 0.495. The first kappa shape index (κ1) is 25.0. The molecule has 0 spiro atoms. The lowest BCUT2D eigenvalue weighted by Crippen LogP contribution is -2.38. The number of rotatable bonds is 15. The van der Waals surface area contributed by atoms with Crippen molar-refractivity contribution >= 4 is 25.0 Å². The van der Waals surface area contributed by atoms with Crippen molar-refractivity contribution in [3.05, 3.63) is 129 Å². The number of benzene rings is 1. The highest BCUT2D eigenvalue weighted by Gasteiger charge is 2.32. The second kappa shape index (κ2) is 10.6. The van der Waals surface area contributed by atoms with E-state index in [1.54, 1.807) is 69.5 Å². The van der Waals surface area contributed by atoms with Gasteiger partial charge in [0.2, 0.25) is 0 Å². The van der Waals surface area contributed by atoms with E-state index < -0.39 is 25.0 Å². The Hall–Kier alpha value is -3.07. The van der Waals surface area contributed by atoms with Crippen LogP contribution in [0, 0.1) is 0 Å². The third kappa shape index (κ3) is 5.29. The lowest BCUT2D eigenvalue weighted by Gasteiger charge is -2.29. The highest BCUT2D eigenvalue weighted by atomic mass is 28.4. The average Bonchev–Trinajstić information content (AvgIpc) is 2.81. The Morgan fingerprint density at radius 3 is 1.17 bits per heavy atom. The molecule has 0 aliphatic carbocycles. The van der Waals surface area contributed by atoms with Crippen LogP contribution >= 0.6 is 0 Å². The third-order valence-electron chi connectivity index (χ3n) is 4.65. The molecule has 0 heterocycles. The molecule has 0 aliphatic heterocycles. The quantitative estimate of drug-likeness (QED) is 0.298. The normalized spacial score (nSPS) is 11.2. The van der Waals surface area contributed by atoms with Gasteiger partial charge in [0.25, 0.3) is 0 Å². The van der Waals surface area contributed by atoms with E-state index in [0.29, 0.717) is 17.2 Å². The van der Waals surface area contributed by atoms with Crippen LogP contribution in [0.2, 0.25) is 0 Å². The van der Waals surface area contributed by atoms with Crippen molar-refractivity contribution < 1.29 is 13.3 Å². The Bertz CT molecular complexity index is 820. The maximum Gasteiger partial charge on any atom is 0.323 e. The van der Waals surface area contributed by atoms with E-state index in [0.717, 1.165) is 0 Å². The summed E-state index contributed by atoms with van der Waals surface area (Å²) in [4.78, 5) is 0. The van der Waals surface area contributed by atoms with E-state index in [4.69, 9.17) is 13.3 Å². The molecular weight excluding hydrogens is 421 g/mol. The number of hydrogen-bond acceptors (Lipinski definition) is 3. The molecule has 0 aliphatic rings. The van der Waals surface area contributed by atoms with Crippen molar-refractivity contribution in [1.29, 1.82) is 0 Å². The zero-order valence-electron chi connectivity index (χ0n) is 17.5. The zero-order chi connectivity index (χ0) is 22.8. The van der Waals surface area contributed by atoms with Crippen LogP contribution in [0.4, 0.5) is 0 Å². The van der Waals surface area contributed by atoms with Gasteiger partial charge in [-0.3, -0.25) is 0 Å². The van der Waals surface area contributed by atoms with E-state index in [1.807, 2.05) is 0 Å². The second-order valence-corrected chi connectivity index (χ2v) is 15.7. The SMILES string of the molecule is C=C[Si](C=C)(C=C)Oc1ccc(O[Si](C=C)(C=C)C=C)c(O[Si](C=C)(C=C)C=C)c1. The molecule has 3 nitrogen and oxygen atoms in total. The highest BCUT2D eigenvalue weighted by molar-refractivity contribution is 6.89. The van der Waals surface area contributed by atoms with E-state index >= 15 is 0 Å². The summed E-state index contributed by atoms with van der Waals surface area (Å²) in [5, 5.41) is 0. The summed E-state index contributed by atoms with van der Waals surface area (Å²) in [6.45, 7) is 34.9. The summed E-state index contributed by atoms with van der Waals surface area (Å²) in [6, 6.07) is 5.35. The predicted octanol–water partition coefficient (Wildman–Crippen LogP) is 6.19. The van der Waals surface area contributed by atoms with Crippen LogP contribution < -0.4 is 13.3 Å². The topological polar surface area (TPSA) is 27.7 Å². The monoisotopic (exact) mass is 450 g/mol. The Labute approximate surface area is 184 Å². The van der Waals surface area contributed by atoms with Crippen LogP contribution in [0.1, 0.15) is 0 Å². The molecule has 0 saturated heterocycles. The third-order valence-corrected chi connectivity index (χ3v) is 12.1. The van der Waals surface area contributed by atoms with Crippen molar-refractivity contribution in [3.8, 4) is 17.2 Å². The van der Waals surface area contributed by atoms with Crippen LogP contribution in [0.5, 0.6) is 17.2 Å². The molecular formula is C24H30O3Si3. The minimum atomic E-state index is -2.66. The van der Waals surface area contributed by atoms with Crippen molar-refractivity contribution in [2.45, 2.75) is 0 Å². The van der Waals surface area contributed by atoms with Crippen molar-refractivity contribution in [2.24, 2.45) is 0 Å². The van der Waals surface area contributed by atoms with Crippen LogP contribution in [-0.4, -0.2) is 25.0 Å². The van der Waals surface area contributed by atoms with Crippen molar-refractivity contribution in [3.63, 3.8) is 0 Å². The molecule has 0 aromatic heterocycles. The Morgan fingerprint density at radius 2 is 0.800 bits per heavy atom. The zero-order valence-corrected chi connectivity index (χ0v) is 20.5. The van der Waals surface area contributed by atoms with Gasteiger partial charge in [-0.25, -0.2) is 0 Å². The van der Waals surface area contributed by atoms with Gasteiger partial charge in [-0.15, -0.1) is 59.2 Å². The molecule has 1 aromatic rings. The smallest absolute Gasteiger partial charge is 0.323 e. The fraction of sp³-hybridized carbons (Fsp3) is 0. The second-order valence-electron chi connectivity index (χ2n) is 6.31. The van der Waals surface area contributed by atoms with Gasteiger partial charge in [-0.2, -0.15) is 0 Å². The molecule has 0 amide bonds. The molecule has 0 atom stereocenters. The number of hydrogen-bond donors (Lipinski definition) is 0. The van der Waals surface area contributed by atoms with Gasteiger partial charge in [-0.05, 0) is 12.1 Å². The van der Waals surface area contributed by atoms with Gasteiger partial charge >= 0.3 is 25.0 Å². The molecule has 0 bridgehead atoms. The van der Waals surface area contributed by atoms with Crippen molar-refractivity contribution in [2.75, 3.05) is 0 Å².